The fourth-order valence-electron chi connectivity index (χ4n) is 4.30. The third-order valence-corrected chi connectivity index (χ3v) is 6.27. The highest BCUT2D eigenvalue weighted by molar-refractivity contribution is 5.74. The number of nitrogens with one attached hydrogen (secondary N) is 2. The number of piperidine rings is 1. The summed E-state index contributed by atoms with van der Waals surface area (Å²) in [7, 11) is 0. The molecule has 2 aromatic rings. The van der Waals surface area contributed by atoms with Gasteiger partial charge in [-0.15, -0.1) is 0 Å². The Balaban J connectivity index is 1.26. The number of halogens is 3. The van der Waals surface area contributed by atoms with Crippen molar-refractivity contribution in [3.63, 3.8) is 0 Å². The molecule has 0 aromatic heterocycles. The number of hydrogen-bond donors (Lipinski definition) is 2. The van der Waals surface area contributed by atoms with Gasteiger partial charge in [0.05, 0.1) is 5.92 Å². The highest BCUT2D eigenvalue weighted by atomic mass is 19.4. The number of alkyl halides is 3. The van der Waals surface area contributed by atoms with Crippen LogP contribution in [0.25, 0.3) is 0 Å². The van der Waals surface area contributed by atoms with E-state index in [9.17, 15) is 18.0 Å². The molecule has 0 radical (unpaired) electrons. The number of likely N-dealkylation sites (tertiary alicyclic amines) is 1. The number of hydrogen-bond acceptors (Lipinski definition) is 3. The zero-order valence-electron chi connectivity index (χ0n) is 18.0. The lowest BCUT2D eigenvalue weighted by atomic mass is 9.96. The van der Waals surface area contributed by atoms with E-state index in [2.05, 4.69) is 10.6 Å². The first-order chi connectivity index (χ1) is 15.4. The van der Waals surface area contributed by atoms with E-state index in [0.717, 1.165) is 48.6 Å². The molecule has 2 N–H and O–H groups in total. The smallest absolute Gasteiger partial charge is 0.372 e. The Labute approximate surface area is 186 Å². The van der Waals surface area contributed by atoms with Crippen molar-refractivity contribution in [2.24, 2.45) is 5.92 Å². The Morgan fingerprint density at radius 3 is 2.00 bits per heavy atom. The maximum Gasteiger partial charge on any atom is 0.391 e. The second-order valence-corrected chi connectivity index (χ2v) is 8.52. The Bertz CT molecular complexity index is 885. The van der Waals surface area contributed by atoms with Gasteiger partial charge in [-0.2, -0.15) is 13.2 Å². The predicted octanol–water partition coefficient (Wildman–Crippen LogP) is 5.51. The SMILES string of the molecule is O=C(NCc1ccc(Nc2ccc(N3CCC(C(F)(F)F)CC3)cc2)cc1)N1CCCC1. The summed E-state index contributed by atoms with van der Waals surface area (Å²) >= 11 is 0. The number of rotatable bonds is 5. The van der Waals surface area contributed by atoms with Crippen LogP contribution < -0.4 is 15.5 Å². The van der Waals surface area contributed by atoms with E-state index in [1.807, 2.05) is 58.3 Å². The monoisotopic (exact) mass is 446 g/mol. The van der Waals surface area contributed by atoms with Gasteiger partial charge in [-0.05, 0) is 67.6 Å². The van der Waals surface area contributed by atoms with Crippen LogP contribution >= 0.6 is 0 Å². The molecule has 2 amide bonds. The summed E-state index contributed by atoms with van der Waals surface area (Å²) in [6.45, 7) is 3.01. The minimum Gasteiger partial charge on any atom is -0.372 e. The van der Waals surface area contributed by atoms with Gasteiger partial charge in [0.25, 0.3) is 0 Å². The average molecular weight is 447 g/mol. The van der Waals surface area contributed by atoms with Crippen LogP contribution in [0.5, 0.6) is 0 Å². The van der Waals surface area contributed by atoms with Crippen molar-refractivity contribution in [1.82, 2.24) is 10.2 Å². The molecule has 172 valence electrons. The first-order valence-corrected chi connectivity index (χ1v) is 11.2. The fourth-order valence-corrected chi connectivity index (χ4v) is 4.30. The van der Waals surface area contributed by atoms with Crippen LogP contribution in [0.15, 0.2) is 48.5 Å². The number of nitrogens with zero attached hydrogens (tertiary/aromatic N) is 2. The summed E-state index contributed by atoms with van der Waals surface area (Å²) in [5, 5.41) is 6.29. The van der Waals surface area contributed by atoms with E-state index in [-0.39, 0.29) is 18.9 Å². The van der Waals surface area contributed by atoms with Crippen molar-refractivity contribution in [1.29, 1.82) is 0 Å². The molecule has 0 unspecified atom stereocenters. The molecule has 2 aliphatic rings. The predicted molar refractivity (Wildman–Crippen MR) is 120 cm³/mol. The molecule has 2 fully saturated rings. The van der Waals surface area contributed by atoms with E-state index < -0.39 is 12.1 Å². The summed E-state index contributed by atoms with van der Waals surface area (Å²) in [4.78, 5) is 15.9. The number of carbonyl (C=O) groups is 1. The number of benzene rings is 2. The van der Waals surface area contributed by atoms with Gasteiger partial charge in [0, 0.05) is 49.8 Å². The van der Waals surface area contributed by atoms with Crippen LogP contribution in [-0.4, -0.2) is 43.3 Å². The highest BCUT2D eigenvalue weighted by Crippen LogP contribution is 2.35. The second kappa shape index (κ2) is 9.71. The normalized spacial score (nSPS) is 17.5. The lowest BCUT2D eigenvalue weighted by Gasteiger charge is -2.34. The average Bonchev–Trinajstić information content (AvgIpc) is 3.34. The van der Waals surface area contributed by atoms with Gasteiger partial charge in [0.15, 0.2) is 0 Å². The Hall–Kier alpha value is -2.90. The van der Waals surface area contributed by atoms with Crippen LogP contribution in [0.2, 0.25) is 0 Å². The van der Waals surface area contributed by atoms with Gasteiger partial charge < -0.3 is 20.4 Å². The minimum atomic E-state index is -4.09. The molecule has 32 heavy (non-hydrogen) atoms. The first kappa shape index (κ1) is 22.3. The summed E-state index contributed by atoms with van der Waals surface area (Å²) in [6, 6.07) is 15.6. The third kappa shape index (κ3) is 5.66. The van der Waals surface area contributed by atoms with Crippen LogP contribution in [0.3, 0.4) is 0 Å². The molecule has 8 heteroatoms. The zero-order chi connectivity index (χ0) is 22.6. The number of anilines is 3. The molecule has 5 nitrogen and oxygen atoms in total. The zero-order valence-corrected chi connectivity index (χ0v) is 18.0. The first-order valence-electron chi connectivity index (χ1n) is 11.2. The Morgan fingerprint density at radius 2 is 1.44 bits per heavy atom. The molecule has 4 rings (SSSR count). The van der Waals surface area contributed by atoms with Crippen LogP contribution in [0.1, 0.15) is 31.2 Å². The Kier molecular flexibility index (Phi) is 6.77. The van der Waals surface area contributed by atoms with E-state index in [1.165, 1.54) is 0 Å². The second-order valence-electron chi connectivity index (χ2n) is 8.52. The quantitative estimate of drug-likeness (QED) is 0.636. The Morgan fingerprint density at radius 1 is 0.875 bits per heavy atom. The fraction of sp³-hybridized carbons (Fsp3) is 0.458. The molecule has 2 aromatic carbocycles. The summed E-state index contributed by atoms with van der Waals surface area (Å²) in [6.07, 6.45) is -1.64. The maximum atomic E-state index is 12.9. The summed E-state index contributed by atoms with van der Waals surface area (Å²) < 4.78 is 38.6. The number of amides is 2. The van der Waals surface area contributed by atoms with E-state index in [0.29, 0.717) is 19.6 Å². The largest absolute Gasteiger partial charge is 0.391 e. The van der Waals surface area contributed by atoms with Crippen molar-refractivity contribution >= 4 is 23.1 Å². The van der Waals surface area contributed by atoms with E-state index in [4.69, 9.17) is 0 Å². The van der Waals surface area contributed by atoms with Crippen LogP contribution in [0, 0.1) is 5.92 Å². The minimum absolute atomic E-state index is 0.00702. The third-order valence-electron chi connectivity index (χ3n) is 6.27. The topological polar surface area (TPSA) is 47.6 Å². The van der Waals surface area contributed by atoms with Gasteiger partial charge in [-0.1, -0.05) is 12.1 Å². The standard InChI is InChI=1S/C24H29F3N4O/c25-24(26,27)19-11-15-30(16-12-19)22-9-7-21(8-10-22)29-20-5-3-18(4-6-20)17-28-23(32)31-13-1-2-14-31/h3-10,19,29H,1-2,11-17H2,(H,28,32). The van der Waals surface area contributed by atoms with E-state index in [1.54, 1.807) is 0 Å². The molecule has 2 saturated heterocycles. The van der Waals surface area contributed by atoms with Crippen molar-refractivity contribution in [3.05, 3.63) is 54.1 Å². The van der Waals surface area contributed by atoms with E-state index >= 15 is 0 Å². The van der Waals surface area contributed by atoms with Crippen molar-refractivity contribution in [3.8, 4) is 0 Å². The molecule has 0 bridgehead atoms. The molecule has 0 atom stereocenters. The molecule has 2 aliphatic heterocycles. The maximum absolute atomic E-state index is 12.9. The van der Waals surface area contributed by atoms with Crippen LogP contribution in [-0.2, 0) is 6.54 Å². The molecule has 0 aliphatic carbocycles. The summed E-state index contributed by atoms with van der Waals surface area (Å²) in [5.74, 6) is -1.18. The number of urea groups is 1. The van der Waals surface area contributed by atoms with Gasteiger partial charge in [0.2, 0.25) is 0 Å². The molecular weight excluding hydrogens is 417 g/mol. The van der Waals surface area contributed by atoms with Gasteiger partial charge >= 0.3 is 12.2 Å². The lowest BCUT2D eigenvalue weighted by Crippen LogP contribution is -2.38. The summed E-state index contributed by atoms with van der Waals surface area (Å²) in [5.41, 5.74) is 3.81. The number of carbonyl (C=O) groups excluding carboxylic acids is 1. The van der Waals surface area contributed by atoms with Crippen molar-refractivity contribution in [2.45, 2.75) is 38.4 Å². The highest BCUT2D eigenvalue weighted by Gasteiger charge is 2.41. The van der Waals surface area contributed by atoms with Crippen molar-refractivity contribution in [2.75, 3.05) is 36.4 Å². The van der Waals surface area contributed by atoms with Crippen molar-refractivity contribution < 1.29 is 18.0 Å². The van der Waals surface area contributed by atoms with Gasteiger partial charge in [-0.3, -0.25) is 0 Å². The molecule has 0 spiro atoms. The van der Waals surface area contributed by atoms with Gasteiger partial charge in [-0.25, -0.2) is 4.79 Å². The lowest BCUT2D eigenvalue weighted by molar-refractivity contribution is -0.179. The molecule has 0 saturated carbocycles. The van der Waals surface area contributed by atoms with Gasteiger partial charge in [0.1, 0.15) is 0 Å². The molecular formula is C24H29F3N4O. The van der Waals surface area contributed by atoms with Crippen LogP contribution in [0.4, 0.5) is 35.0 Å². The molecule has 2 heterocycles.